The molecule has 22 heavy (non-hydrogen) atoms. The van der Waals surface area contributed by atoms with Gasteiger partial charge in [0, 0.05) is 36.7 Å². The molecule has 120 valence electrons. The van der Waals surface area contributed by atoms with E-state index in [0.717, 1.165) is 35.4 Å². The second-order valence-electron chi connectivity index (χ2n) is 4.68. The SMILES string of the molecule is C=CCNC(=NCCc1c[nH]c2cc(F)ccc12)NCC.I. The fourth-order valence-corrected chi connectivity index (χ4v) is 2.16. The lowest BCUT2D eigenvalue weighted by Crippen LogP contribution is -2.37. The van der Waals surface area contributed by atoms with Crippen molar-refractivity contribution in [2.24, 2.45) is 4.99 Å². The molecule has 0 unspecified atom stereocenters. The Morgan fingerprint density at radius 1 is 1.41 bits per heavy atom. The molecule has 0 bridgehead atoms. The molecule has 0 saturated heterocycles. The fourth-order valence-electron chi connectivity index (χ4n) is 2.16. The van der Waals surface area contributed by atoms with Crippen LogP contribution in [0.15, 0.2) is 42.0 Å². The molecule has 1 aromatic carbocycles. The van der Waals surface area contributed by atoms with E-state index in [1.807, 2.05) is 13.1 Å². The zero-order chi connectivity index (χ0) is 15.1. The number of benzene rings is 1. The third-order valence-corrected chi connectivity index (χ3v) is 3.14. The summed E-state index contributed by atoms with van der Waals surface area (Å²) in [5.41, 5.74) is 1.97. The third-order valence-electron chi connectivity index (χ3n) is 3.14. The summed E-state index contributed by atoms with van der Waals surface area (Å²) in [6.07, 6.45) is 4.51. The van der Waals surface area contributed by atoms with E-state index < -0.39 is 0 Å². The summed E-state index contributed by atoms with van der Waals surface area (Å²) < 4.78 is 13.1. The highest BCUT2D eigenvalue weighted by atomic mass is 127. The zero-order valence-electron chi connectivity index (χ0n) is 12.7. The molecule has 1 aromatic heterocycles. The van der Waals surface area contributed by atoms with Crippen molar-refractivity contribution in [3.05, 3.63) is 48.4 Å². The van der Waals surface area contributed by atoms with Crippen LogP contribution < -0.4 is 10.6 Å². The largest absolute Gasteiger partial charge is 0.361 e. The number of nitrogens with one attached hydrogen (secondary N) is 3. The van der Waals surface area contributed by atoms with Crippen molar-refractivity contribution in [1.82, 2.24) is 15.6 Å². The van der Waals surface area contributed by atoms with Crippen molar-refractivity contribution < 1.29 is 4.39 Å². The maximum Gasteiger partial charge on any atom is 0.191 e. The average Bonchev–Trinajstić information content (AvgIpc) is 2.87. The van der Waals surface area contributed by atoms with Crippen LogP contribution in [-0.2, 0) is 6.42 Å². The smallest absolute Gasteiger partial charge is 0.191 e. The molecule has 0 spiro atoms. The molecule has 0 amide bonds. The van der Waals surface area contributed by atoms with E-state index in [1.54, 1.807) is 12.1 Å². The molecule has 4 nitrogen and oxygen atoms in total. The summed E-state index contributed by atoms with van der Waals surface area (Å²) in [6, 6.07) is 4.80. The van der Waals surface area contributed by atoms with E-state index in [4.69, 9.17) is 0 Å². The molecule has 6 heteroatoms. The van der Waals surface area contributed by atoms with Gasteiger partial charge < -0.3 is 15.6 Å². The number of rotatable bonds is 6. The zero-order valence-corrected chi connectivity index (χ0v) is 15.0. The summed E-state index contributed by atoms with van der Waals surface area (Å²) in [7, 11) is 0. The number of aromatic amines is 1. The van der Waals surface area contributed by atoms with E-state index in [1.165, 1.54) is 12.1 Å². The number of guanidine groups is 1. The molecular weight excluding hydrogens is 394 g/mol. The monoisotopic (exact) mass is 416 g/mol. The first kappa shape index (κ1) is 18.5. The normalized spacial score (nSPS) is 11.1. The lowest BCUT2D eigenvalue weighted by Gasteiger charge is -2.09. The van der Waals surface area contributed by atoms with Crippen LogP contribution in [0.25, 0.3) is 10.9 Å². The fraction of sp³-hybridized carbons (Fsp3) is 0.312. The van der Waals surface area contributed by atoms with Gasteiger partial charge in [0.1, 0.15) is 5.82 Å². The van der Waals surface area contributed by atoms with Crippen molar-refractivity contribution in [3.8, 4) is 0 Å². The molecule has 0 aliphatic rings. The van der Waals surface area contributed by atoms with Crippen molar-refractivity contribution in [2.45, 2.75) is 13.3 Å². The molecule has 0 aliphatic heterocycles. The van der Waals surface area contributed by atoms with Crippen molar-refractivity contribution in [1.29, 1.82) is 0 Å². The summed E-state index contributed by atoms with van der Waals surface area (Å²) in [5.74, 6) is 0.556. The third kappa shape index (κ3) is 5.01. The van der Waals surface area contributed by atoms with Crippen molar-refractivity contribution in [2.75, 3.05) is 19.6 Å². The molecule has 2 rings (SSSR count). The van der Waals surface area contributed by atoms with Crippen LogP contribution in [0.5, 0.6) is 0 Å². The van der Waals surface area contributed by atoms with Gasteiger partial charge in [-0.05, 0) is 37.1 Å². The van der Waals surface area contributed by atoms with Crippen LogP contribution >= 0.6 is 24.0 Å². The average molecular weight is 416 g/mol. The molecule has 0 atom stereocenters. The van der Waals surface area contributed by atoms with Gasteiger partial charge in [-0.1, -0.05) is 6.08 Å². The summed E-state index contributed by atoms with van der Waals surface area (Å²) in [4.78, 5) is 7.60. The minimum absolute atomic E-state index is 0. The predicted octanol–water partition coefficient (Wildman–Crippen LogP) is 3.21. The number of nitrogens with zero attached hydrogens (tertiary/aromatic N) is 1. The van der Waals surface area contributed by atoms with Gasteiger partial charge in [-0.15, -0.1) is 30.6 Å². The van der Waals surface area contributed by atoms with Crippen LogP contribution in [0.2, 0.25) is 0 Å². The van der Waals surface area contributed by atoms with E-state index in [-0.39, 0.29) is 29.8 Å². The van der Waals surface area contributed by atoms with E-state index in [9.17, 15) is 4.39 Å². The highest BCUT2D eigenvalue weighted by Gasteiger charge is 2.04. The molecule has 2 aromatic rings. The summed E-state index contributed by atoms with van der Waals surface area (Å²) in [6.45, 7) is 7.86. The lowest BCUT2D eigenvalue weighted by molar-refractivity contribution is 0.629. The maximum absolute atomic E-state index is 13.1. The van der Waals surface area contributed by atoms with Crippen LogP contribution in [-0.4, -0.2) is 30.6 Å². The number of aliphatic imine (C=N–C) groups is 1. The van der Waals surface area contributed by atoms with Gasteiger partial charge in [-0.3, -0.25) is 4.99 Å². The highest BCUT2D eigenvalue weighted by Crippen LogP contribution is 2.19. The number of hydrogen-bond donors (Lipinski definition) is 3. The number of fused-ring (bicyclic) bond motifs is 1. The number of aromatic nitrogens is 1. The topological polar surface area (TPSA) is 52.2 Å². The predicted molar refractivity (Wildman–Crippen MR) is 102 cm³/mol. The van der Waals surface area contributed by atoms with Gasteiger partial charge in [-0.2, -0.15) is 0 Å². The Hall–Kier alpha value is -1.57. The second kappa shape index (κ2) is 9.45. The summed E-state index contributed by atoms with van der Waals surface area (Å²) >= 11 is 0. The Labute approximate surface area is 147 Å². The highest BCUT2D eigenvalue weighted by molar-refractivity contribution is 14.0. The molecule has 0 fully saturated rings. The standard InChI is InChI=1S/C16H21FN4.HI/c1-3-8-19-16(18-4-2)20-9-7-12-11-21-15-10-13(17)5-6-14(12)15;/h3,5-6,10-11,21H,1,4,7-9H2,2H3,(H2,18,19,20);1H. The number of hydrogen-bond acceptors (Lipinski definition) is 1. The Bertz CT molecular complexity index is 636. The first-order valence-corrected chi connectivity index (χ1v) is 7.13. The minimum atomic E-state index is -0.225. The van der Waals surface area contributed by atoms with E-state index in [2.05, 4.69) is 27.2 Å². The lowest BCUT2D eigenvalue weighted by atomic mass is 10.1. The maximum atomic E-state index is 13.1. The van der Waals surface area contributed by atoms with Crippen LogP contribution in [0.1, 0.15) is 12.5 Å². The Balaban J connectivity index is 0.00000242. The quantitative estimate of drug-likeness (QED) is 0.293. The minimum Gasteiger partial charge on any atom is -0.361 e. The first-order chi connectivity index (χ1) is 10.2. The molecular formula is C16H22FIN4. The Morgan fingerprint density at radius 3 is 2.95 bits per heavy atom. The van der Waals surface area contributed by atoms with Gasteiger partial charge in [0.2, 0.25) is 0 Å². The molecule has 0 radical (unpaired) electrons. The number of halogens is 2. The Kier molecular flexibility index (Phi) is 7.94. The van der Waals surface area contributed by atoms with Crippen molar-refractivity contribution in [3.63, 3.8) is 0 Å². The van der Waals surface area contributed by atoms with Crippen LogP contribution in [0.3, 0.4) is 0 Å². The van der Waals surface area contributed by atoms with E-state index >= 15 is 0 Å². The van der Waals surface area contributed by atoms with Gasteiger partial charge in [0.25, 0.3) is 0 Å². The van der Waals surface area contributed by atoms with Crippen LogP contribution in [0.4, 0.5) is 4.39 Å². The second-order valence-corrected chi connectivity index (χ2v) is 4.68. The number of H-pyrrole nitrogens is 1. The van der Waals surface area contributed by atoms with Gasteiger partial charge in [0.05, 0.1) is 0 Å². The molecule has 3 N–H and O–H groups in total. The van der Waals surface area contributed by atoms with Gasteiger partial charge in [0.15, 0.2) is 5.96 Å². The van der Waals surface area contributed by atoms with Crippen molar-refractivity contribution >= 4 is 40.8 Å². The molecule has 0 aliphatic carbocycles. The van der Waals surface area contributed by atoms with Gasteiger partial charge in [-0.25, -0.2) is 4.39 Å². The Morgan fingerprint density at radius 2 is 2.23 bits per heavy atom. The van der Waals surface area contributed by atoms with Crippen LogP contribution in [0, 0.1) is 5.82 Å². The molecule has 1 heterocycles. The summed E-state index contributed by atoms with van der Waals surface area (Å²) in [5, 5.41) is 7.39. The molecule has 0 saturated carbocycles. The van der Waals surface area contributed by atoms with E-state index in [0.29, 0.717) is 13.1 Å². The first-order valence-electron chi connectivity index (χ1n) is 7.13. The van der Waals surface area contributed by atoms with Gasteiger partial charge >= 0.3 is 0 Å².